The molecule has 1 saturated carbocycles. The monoisotopic (exact) mass is 520 g/mol. The summed E-state index contributed by atoms with van der Waals surface area (Å²) in [4.78, 5) is 15.0. The molecule has 1 aliphatic rings. The van der Waals surface area contributed by atoms with E-state index >= 15 is 0 Å². The molecule has 5 nitrogen and oxygen atoms in total. The predicted octanol–water partition coefficient (Wildman–Crippen LogP) is 7.55. The van der Waals surface area contributed by atoms with E-state index in [2.05, 4.69) is 51.4 Å². The number of benzene rings is 2. The number of anilines is 3. The topological polar surface area (TPSA) is 68.2 Å². The second kappa shape index (κ2) is 11.0. The van der Waals surface area contributed by atoms with Gasteiger partial charge in [-0.05, 0) is 49.1 Å². The van der Waals surface area contributed by atoms with Crippen molar-refractivity contribution in [2.75, 3.05) is 22.1 Å². The molecule has 0 heterocycles. The highest BCUT2D eigenvalue weighted by molar-refractivity contribution is 9.10. The molecule has 2 aromatic rings. The Kier molecular flexibility index (Phi) is 8.38. The number of nitrogens with one attached hydrogen (secondary N) is 2. The number of rotatable bonds is 6. The number of hydrogen-bond acceptors (Lipinski definition) is 3. The molecule has 2 N–H and O–H groups in total. The van der Waals surface area contributed by atoms with E-state index in [1.54, 1.807) is 12.1 Å². The highest BCUT2D eigenvalue weighted by Crippen LogP contribution is 2.38. The van der Waals surface area contributed by atoms with Gasteiger partial charge in [-0.1, -0.05) is 60.6 Å². The van der Waals surface area contributed by atoms with Crippen molar-refractivity contribution in [3.63, 3.8) is 0 Å². The third-order valence-electron chi connectivity index (χ3n) is 5.49. The van der Waals surface area contributed by atoms with Crippen molar-refractivity contribution < 1.29 is 9.18 Å². The summed E-state index contributed by atoms with van der Waals surface area (Å²) in [5.41, 5.74) is 1.73. The minimum absolute atomic E-state index is 0.0234. The molecule has 170 valence electrons. The first kappa shape index (κ1) is 24.3. The second-order valence-corrected chi connectivity index (χ2v) is 9.85. The van der Waals surface area contributed by atoms with Gasteiger partial charge in [-0.15, -0.1) is 0 Å². The molecule has 0 aromatic heterocycles. The zero-order valence-corrected chi connectivity index (χ0v) is 20.6. The van der Waals surface area contributed by atoms with Gasteiger partial charge in [-0.25, -0.2) is 9.18 Å². The summed E-state index contributed by atoms with van der Waals surface area (Å²) < 4.78 is 14.8. The molecule has 0 radical (unpaired) electrons. The fraction of sp³-hybridized carbons (Fsp3) is 0.417. The summed E-state index contributed by atoms with van der Waals surface area (Å²) in [6.45, 7) is 5.05. The number of halogens is 3. The molecule has 0 bridgehead atoms. The average Bonchev–Trinajstić information content (AvgIpc) is 2.74. The molecule has 0 spiro atoms. The van der Waals surface area contributed by atoms with E-state index in [9.17, 15) is 14.4 Å². The molecule has 0 saturated heterocycles. The van der Waals surface area contributed by atoms with Gasteiger partial charge in [0.05, 0.1) is 22.6 Å². The highest BCUT2D eigenvalue weighted by Gasteiger charge is 2.27. The van der Waals surface area contributed by atoms with Crippen molar-refractivity contribution in [3.05, 3.63) is 51.2 Å². The minimum Gasteiger partial charge on any atom is -0.366 e. The Morgan fingerprint density at radius 2 is 1.91 bits per heavy atom. The maximum Gasteiger partial charge on any atom is 0.323 e. The van der Waals surface area contributed by atoms with Crippen LogP contribution in [-0.4, -0.2) is 18.6 Å². The summed E-state index contributed by atoms with van der Waals surface area (Å²) in [6.07, 6.45) is 5.62. The van der Waals surface area contributed by atoms with Crippen molar-refractivity contribution in [2.24, 2.45) is 5.92 Å². The van der Waals surface area contributed by atoms with Crippen molar-refractivity contribution in [1.29, 1.82) is 5.26 Å². The maximum absolute atomic E-state index is 14.1. The zero-order valence-electron chi connectivity index (χ0n) is 18.2. The van der Waals surface area contributed by atoms with Crippen molar-refractivity contribution in [2.45, 2.75) is 52.0 Å². The van der Waals surface area contributed by atoms with Gasteiger partial charge >= 0.3 is 6.03 Å². The molecular formula is C24H27BrClFN4O. The summed E-state index contributed by atoms with van der Waals surface area (Å²) in [5.74, 6) is -0.250. The van der Waals surface area contributed by atoms with Crippen LogP contribution in [0.25, 0.3) is 0 Å². The Balaban J connectivity index is 1.96. The van der Waals surface area contributed by atoms with E-state index in [1.165, 1.54) is 18.6 Å². The summed E-state index contributed by atoms with van der Waals surface area (Å²) in [6, 6.07) is 9.61. The van der Waals surface area contributed by atoms with Crippen LogP contribution in [0.2, 0.25) is 5.02 Å². The van der Waals surface area contributed by atoms with Crippen LogP contribution in [0.15, 0.2) is 34.8 Å². The minimum atomic E-state index is -0.622. The van der Waals surface area contributed by atoms with Gasteiger partial charge in [0, 0.05) is 22.1 Å². The molecule has 1 fully saturated rings. The van der Waals surface area contributed by atoms with Crippen LogP contribution in [0.4, 0.5) is 26.2 Å². The largest absolute Gasteiger partial charge is 0.366 e. The molecule has 0 unspecified atom stereocenters. The van der Waals surface area contributed by atoms with Gasteiger partial charge in [-0.2, -0.15) is 5.26 Å². The van der Waals surface area contributed by atoms with Gasteiger partial charge in [0.1, 0.15) is 11.9 Å². The van der Waals surface area contributed by atoms with Crippen LogP contribution in [0.5, 0.6) is 0 Å². The second-order valence-electron chi connectivity index (χ2n) is 8.50. The predicted molar refractivity (Wildman–Crippen MR) is 132 cm³/mol. The number of nitriles is 1. The fourth-order valence-corrected chi connectivity index (χ4v) is 4.78. The lowest BCUT2D eigenvalue weighted by Crippen LogP contribution is -2.40. The molecule has 3 rings (SSSR count). The SMILES string of the molecule is CC(C)CN(c1c(C#N)cc(Br)cc1NC(=O)Nc1ccc(Cl)cc1F)C1CCCCC1. The van der Waals surface area contributed by atoms with Crippen LogP contribution in [0, 0.1) is 23.1 Å². The van der Waals surface area contributed by atoms with Crippen LogP contribution in [0.3, 0.4) is 0 Å². The summed E-state index contributed by atoms with van der Waals surface area (Å²) in [7, 11) is 0. The first-order valence-electron chi connectivity index (χ1n) is 10.8. The van der Waals surface area contributed by atoms with Crippen LogP contribution in [-0.2, 0) is 0 Å². The molecule has 2 aromatic carbocycles. The smallest absolute Gasteiger partial charge is 0.323 e. The van der Waals surface area contributed by atoms with E-state index in [0.717, 1.165) is 38.3 Å². The van der Waals surface area contributed by atoms with Gasteiger partial charge in [0.2, 0.25) is 0 Å². The standard InChI is InChI=1S/C24H27BrClFN4O/c1-15(2)14-31(19-6-4-3-5-7-19)23-16(13-28)10-17(25)11-22(23)30-24(32)29-21-9-8-18(26)12-20(21)27/h8-12,15,19H,3-7,14H2,1-2H3,(H2,29,30,32). The van der Waals surface area contributed by atoms with E-state index in [0.29, 0.717) is 33.4 Å². The quantitative estimate of drug-likeness (QED) is 0.412. The molecule has 0 aliphatic heterocycles. The number of carbonyl (C=O) groups excluding carboxylic acids is 1. The van der Waals surface area contributed by atoms with Crippen LogP contribution < -0.4 is 15.5 Å². The Morgan fingerprint density at radius 3 is 2.53 bits per heavy atom. The van der Waals surface area contributed by atoms with Crippen molar-refractivity contribution in [3.8, 4) is 6.07 Å². The maximum atomic E-state index is 14.1. The Bertz CT molecular complexity index is 1020. The fourth-order valence-electron chi connectivity index (χ4n) is 4.16. The number of carbonyl (C=O) groups is 1. The number of amides is 2. The summed E-state index contributed by atoms with van der Waals surface area (Å²) >= 11 is 9.24. The van der Waals surface area contributed by atoms with Crippen LogP contribution in [0.1, 0.15) is 51.5 Å². The van der Waals surface area contributed by atoms with E-state index in [-0.39, 0.29) is 10.7 Å². The summed E-state index contributed by atoms with van der Waals surface area (Å²) in [5, 5.41) is 15.5. The molecule has 1 aliphatic carbocycles. The van der Waals surface area contributed by atoms with E-state index < -0.39 is 11.8 Å². The van der Waals surface area contributed by atoms with Crippen LogP contribution >= 0.6 is 27.5 Å². The first-order chi connectivity index (χ1) is 15.3. The third-order valence-corrected chi connectivity index (χ3v) is 6.18. The van der Waals surface area contributed by atoms with Crippen molar-refractivity contribution >= 4 is 50.6 Å². The average molecular weight is 522 g/mol. The Labute approximate surface area is 202 Å². The van der Waals surface area contributed by atoms with Gasteiger partial charge in [0.15, 0.2) is 0 Å². The zero-order chi connectivity index (χ0) is 23.3. The van der Waals surface area contributed by atoms with E-state index in [1.807, 2.05) is 0 Å². The number of urea groups is 1. The lowest BCUT2D eigenvalue weighted by Gasteiger charge is -2.39. The number of hydrogen-bond donors (Lipinski definition) is 2. The lowest BCUT2D eigenvalue weighted by atomic mass is 9.92. The highest BCUT2D eigenvalue weighted by atomic mass is 79.9. The Hall–Kier alpha value is -2.30. The van der Waals surface area contributed by atoms with Crippen molar-refractivity contribution in [1.82, 2.24) is 0 Å². The van der Waals surface area contributed by atoms with Gasteiger partial charge < -0.3 is 15.5 Å². The first-order valence-corrected chi connectivity index (χ1v) is 12.0. The van der Waals surface area contributed by atoms with E-state index in [4.69, 9.17) is 11.6 Å². The number of nitrogens with zero attached hydrogens (tertiary/aromatic N) is 2. The van der Waals surface area contributed by atoms with Gasteiger partial charge in [0.25, 0.3) is 0 Å². The third kappa shape index (κ3) is 6.14. The van der Waals surface area contributed by atoms with Gasteiger partial charge in [-0.3, -0.25) is 0 Å². The molecule has 32 heavy (non-hydrogen) atoms. The Morgan fingerprint density at radius 1 is 1.22 bits per heavy atom. The normalized spacial score (nSPS) is 14.2. The molecule has 8 heteroatoms. The lowest BCUT2D eigenvalue weighted by molar-refractivity contribution is 0.262. The molecule has 0 atom stereocenters. The molecule has 2 amide bonds. The molecular weight excluding hydrogens is 495 g/mol.